The first-order valence-corrected chi connectivity index (χ1v) is 6.96. The summed E-state index contributed by atoms with van der Waals surface area (Å²) >= 11 is 3.12. The van der Waals surface area contributed by atoms with E-state index in [9.17, 15) is 4.79 Å². The fraction of sp³-hybridized carbons (Fsp3) is 0.636. The second kappa shape index (κ2) is 5.19. The van der Waals surface area contributed by atoms with Crippen molar-refractivity contribution >= 4 is 29.0 Å². The summed E-state index contributed by atoms with van der Waals surface area (Å²) in [7, 11) is 3.54. The molecule has 5 heteroatoms. The zero-order valence-corrected chi connectivity index (χ0v) is 12.0. The van der Waals surface area contributed by atoms with E-state index in [1.807, 2.05) is 0 Å². The van der Waals surface area contributed by atoms with Crippen molar-refractivity contribution in [1.82, 2.24) is 9.88 Å². The van der Waals surface area contributed by atoms with E-state index in [4.69, 9.17) is 0 Å². The van der Waals surface area contributed by atoms with Crippen molar-refractivity contribution in [2.75, 3.05) is 19.8 Å². The molecular weight excluding hydrogens is 240 g/mol. The summed E-state index contributed by atoms with van der Waals surface area (Å²) in [5.41, 5.74) is 1.18. The van der Waals surface area contributed by atoms with Gasteiger partial charge in [0.15, 0.2) is 4.34 Å². The Labute approximate surface area is 105 Å². The van der Waals surface area contributed by atoms with Gasteiger partial charge in [0.2, 0.25) is 5.91 Å². The minimum Gasteiger partial charge on any atom is -0.348 e. The summed E-state index contributed by atoms with van der Waals surface area (Å²) in [4.78, 5) is 17.5. The highest BCUT2D eigenvalue weighted by molar-refractivity contribution is 8.01. The van der Waals surface area contributed by atoms with Crippen LogP contribution in [0.3, 0.4) is 0 Å². The van der Waals surface area contributed by atoms with Gasteiger partial charge in [-0.15, -0.1) is 11.3 Å². The van der Waals surface area contributed by atoms with Crippen molar-refractivity contribution in [3.05, 3.63) is 11.1 Å². The van der Waals surface area contributed by atoms with E-state index in [0.29, 0.717) is 5.75 Å². The van der Waals surface area contributed by atoms with Crippen molar-refractivity contribution < 1.29 is 4.79 Å². The van der Waals surface area contributed by atoms with E-state index in [-0.39, 0.29) is 11.3 Å². The van der Waals surface area contributed by atoms with Crippen LogP contribution < -0.4 is 0 Å². The topological polar surface area (TPSA) is 33.2 Å². The Kier molecular flexibility index (Phi) is 4.38. The SMILES string of the molecule is CN(C)C(=O)CSc1nc(C(C)(C)C)cs1. The van der Waals surface area contributed by atoms with Crippen LogP contribution in [0.15, 0.2) is 9.72 Å². The van der Waals surface area contributed by atoms with Crippen LogP contribution in [0.1, 0.15) is 26.5 Å². The van der Waals surface area contributed by atoms with Crippen molar-refractivity contribution in [3.63, 3.8) is 0 Å². The summed E-state index contributed by atoms with van der Waals surface area (Å²) < 4.78 is 0.972. The molecule has 0 bridgehead atoms. The van der Waals surface area contributed by atoms with E-state index in [2.05, 4.69) is 31.1 Å². The Morgan fingerprint density at radius 2 is 2.12 bits per heavy atom. The Hall–Kier alpha value is -0.550. The molecule has 0 aliphatic rings. The van der Waals surface area contributed by atoms with Gasteiger partial charge in [0.25, 0.3) is 0 Å². The van der Waals surface area contributed by atoms with Crippen LogP contribution in [-0.2, 0) is 10.2 Å². The molecule has 1 aromatic rings. The molecule has 0 fully saturated rings. The highest BCUT2D eigenvalue weighted by Gasteiger charge is 2.17. The molecule has 90 valence electrons. The van der Waals surface area contributed by atoms with Gasteiger partial charge in [-0.25, -0.2) is 4.98 Å². The van der Waals surface area contributed by atoms with Crippen LogP contribution in [0.25, 0.3) is 0 Å². The van der Waals surface area contributed by atoms with Crippen LogP contribution in [0.5, 0.6) is 0 Å². The standard InChI is InChI=1S/C11H18N2OS2/c1-11(2,3)8-6-15-10(12-8)16-7-9(14)13(4)5/h6H,7H2,1-5H3. The predicted molar refractivity (Wildman–Crippen MR) is 70.2 cm³/mol. The summed E-state index contributed by atoms with van der Waals surface area (Å²) in [6.45, 7) is 6.42. The quantitative estimate of drug-likeness (QED) is 0.781. The first-order valence-electron chi connectivity index (χ1n) is 5.09. The van der Waals surface area contributed by atoms with Crippen LogP contribution in [0, 0.1) is 0 Å². The van der Waals surface area contributed by atoms with Crippen molar-refractivity contribution in [2.45, 2.75) is 30.5 Å². The molecule has 0 aliphatic carbocycles. The van der Waals surface area contributed by atoms with Gasteiger partial charge in [-0.1, -0.05) is 32.5 Å². The Morgan fingerprint density at radius 3 is 2.56 bits per heavy atom. The third-order valence-electron chi connectivity index (χ3n) is 2.07. The van der Waals surface area contributed by atoms with Gasteiger partial charge in [0.05, 0.1) is 11.4 Å². The molecule has 3 nitrogen and oxygen atoms in total. The Bertz CT molecular complexity index is 366. The van der Waals surface area contributed by atoms with E-state index in [1.54, 1.807) is 30.3 Å². The lowest BCUT2D eigenvalue weighted by Crippen LogP contribution is -2.23. The van der Waals surface area contributed by atoms with Crippen molar-refractivity contribution in [2.24, 2.45) is 0 Å². The third-order valence-corrected chi connectivity index (χ3v) is 4.08. The van der Waals surface area contributed by atoms with Crippen molar-refractivity contribution in [1.29, 1.82) is 0 Å². The number of thiazole rings is 1. The van der Waals surface area contributed by atoms with Gasteiger partial charge in [0, 0.05) is 24.9 Å². The van der Waals surface area contributed by atoms with Crippen LogP contribution in [0.4, 0.5) is 0 Å². The smallest absolute Gasteiger partial charge is 0.232 e. The lowest BCUT2D eigenvalue weighted by molar-refractivity contribution is -0.125. The molecular formula is C11H18N2OS2. The van der Waals surface area contributed by atoms with Gasteiger partial charge < -0.3 is 4.90 Å². The second-order valence-corrected chi connectivity index (χ2v) is 6.91. The third kappa shape index (κ3) is 3.79. The molecule has 1 rings (SSSR count). The molecule has 0 saturated carbocycles. The number of thioether (sulfide) groups is 1. The number of rotatable bonds is 3. The fourth-order valence-corrected chi connectivity index (χ4v) is 2.95. The molecule has 0 unspecified atom stereocenters. The molecule has 0 saturated heterocycles. The normalized spacial score (nSPS) is 11.6. The lowest BCUT2D eigenvalue weighted by Gasteiger charge is -2.14. The maximum atomic E-state index is 11.4. The monoisotopic (exact) mass is 258 g/mol. The molecule has 0 N–H and O–H groups in total. The van der Waals surface area contributed by atoms with Crippen LogP contribution in [-0.4, -0.2) is 35.6 Å². The summed E-state index contributed by atoms with van der Waals surface area (Å²) in [5.74, 6) is 0.585. The zero-order chi connectivity index (χ0) is 12.3. The maximum absolute atomic E-state index is 11.4. The largest absolute Gasteiger partial charge is 0.348 e. The molecule has 1 heterocycles. The average Bonchev–Trinajstić information content (AvgIpc) is 2.61. The molecule has 0 atom stereocenters. The first-order chi connectivity index (χ1) is 7.30. The summed E-state index contributed by atoms with van der Waals surface area (Å²) in [6, 6.07) is 0. The van der Waals surface area contributed by atoms with E-state index in [0.717, 1.165) is 10.0 Å². The van der Waals surface area contributed by atoms with E-state index in [1.165, 1.54) is 11.8 Å². The van der Waals surface area contributed by atoms with Crippen LogP contribution >= 0.6 is 23.1 Å². The number of aromatic nitrogens is 1. The molecule has 1 aromatic heterocycles. The van der Waals surface area contributed by atoms with Gasteiger partial charge >= 0.3 is 0 Å². The Morgan fingerprint density at radius 1 is 1.50 bits per heavy atom. The molecule has 16 heavy (non-hydrogen) atoms. The molecule has 1 amide bonds. The van der Waals surface area contributed by atoms with Gasteiger partial charge in [-0.2, -0.15) is 0 Å². The van der Waals surface area contributed by atoms with E-state index >= 15 is 0 Å². The molecule has 0 spiro atoms. The van der Waals surface area contributed by atoms with Gasteiger partial charge in [0.1, 0.15) is 0 Å². The average molecular weight is 258 g/mol. The number of hydrogen-bond donors (Lipinski definition) is 0. The molecule has 0 radical (unpaired) electrons. The number of nitrogens with zero attached hydrogens (tertiary/aromatic N) is 2. The number of carbonyl (C=O) groups excluding carboxylic acids is 1. The highest BCUT2D eigenvalue weighted by Crippen LogP contribution is 2.29. The number of hydrogen-bond acceptors (Lipinski definition) is 4. The number of carbonyl (C=O) groups is 1. The molecule has 0 aromatic carbocycles. The lowest BCUT2D eigenvalue weighted by atomic mass is 9.93. The minimum absolute atomic E-state index is 0.0842. The summed E-state index contributed by atoms with van der Waals surface area (Å²) in [5, 5.41) is 2.07. The highest BCUT2D eigenvalue weighted by atomic mass is 32.2. The fourth-order valence-electron chi connectivity index (χ4n) is 0.921. The second-order valence-electron chi connectivity index (χ2n) is 4.83. The van der Waals surface area contributed by atoms with Gasteiger partial charge in [-0.3, -0.25) is 4.79 Å². The van der Waals surface area contributed by atoms with Crippen molar-refractivity contribution in [3.8, 4) is 0 Å². The minimum atomic E-state index is 0.0842. The van der Waals surface area contributed by atoms with E-state index < -0.39 is 0 Å². The Balaban J connectivity index is 2.57. The van der Waals surface area contributed by atoms with Gasteiger partial charge in [-0.05, 0) is 0 Å². The number of amides is 1. The zero-order valence-electron chi connectivity index (χ0n) is 10.4. The summed E-state index contributed by atoms with van der Waals surface area (Å²) in [6.07, 6.45) is 0. The predicted octanol–water partition coefficient (Wildman–Crippen LogP) is 2.62. The maximum Gasteiger partial charge on any atom is 0.232 e. The molecule has 0 aliphatic heterocycles. The van der Waals surface area contributed by atoms with Crippen LogP contribution in [0.2, 0.25) is 0 Å². The first kappa shape index (κ1) is 13.5.